The molecule has 0 aliphatic rings. The van der Waals surface area contributed by atoms with E-state index >= 15 is 0 Å². The number of benzene rings is 2. The molecule has 1 N–H and O–H groups in total. The van der Waals surface area contributed by atoms with Gasteiger partial charge in [0.2, 0.25) is 0 Å². The molecule has 0 aliphatic carbocycles. The number of thiazole rings is 2. The minimum atomic E-state index is -0.372. The number of carbonyl (C=O) groups is 1. The summed E-state index contributed by atoms with van der Waals surface area (Å²) in [6.07, 6.45) is 0. The van der Waals surface area contributed by atoms with Crippen LogP contribution < -0.4 is 5.32 Å². The third-order valence-electron chi connectivity index (χ3n) is 3.35. The molecule has 0 unspecified atom stereocenters. The van der Waals surface area contributed by atoms with Gasteiger partial charge in [-0.1, -0.05) is 11.3 Å². The van der Waals surface area contributed by atoms with Crippen LogP contribution in [0, 0.1) is 12.7 Å². The van der Waals surface area contributed by atoms with Crippen LogP contribution in [-0.2, 0) is 0 Å². The van der Waals surface area contributed by atoms with Gasteiger partial charge in [-0.25, -0.2) is 14.4 Å². The van der Waals surface area contributed by atoms with Gasteiger partial charge in [-0.15, -0.1) is 11.3 Å². The van der Waals surface area contributed by atoms with E-state index in [2.05, 4.69) is 15.3 Å². The molecule has 0 saturated carbocycles. The van der Waals surface area contributed by atoms with Crippen LogP contribution >= 0.6 is 22.7 Å². The Balaban J connectivity index is 1.70. The van der Waals surface area contributed by atoms with Crippen molar-refractivity contribution < 1.29 is 9.18 Å². The van der Waals surface area contributed by atoms with Crippen molar-refractivity contribution in [2.45, 2.75) is 6.92 Å². The first-order valence-electron chi connectivity index (χ1n) is 6.84. The fourth-order valence-electron chi connectivity index (χ4n) is 2.31. The Kier molecular flexibility index (Phi) is 3.32. The Bertz CT molecular complexity index is 1040. The smallest absolute Gasteiger partial charge is 0.257 e. The van der Waals surface area contributed by atoms with E-state index in [9.17, 15) is 9.18 Å². The Morgan fingerprint density at radius 2 is 1.87 bits per heavy atom. The molecule has 23 heavy (non-hydrogen) atoms. The monoisotopic (exact) mass is 343 g/mol. The summed E-state index contributed by atoms with van der Waals surface area (Å²) in [5.41, 5.74) is 2.12. The van der Waals surface area contributed by atoms with Crippen molar-refractivity contribution >= 4 is 54.1 Å². The van der Waals surface area contributed by atoms with E-state index in [4.69, 9.17) is 0 Å². The second kappa shape index (κ2) is 5.36. The molecule has 2 aromatic heterocycles. The number of amides is 1. The number of halogens is 1. The molecule has 0 fully saturated rings. The van der Waals surface area contributed by atoms with E-state index in [0.717, 1.165) is 25.4 Å². The van der Waals surface area contributed by atoms with Gasteiger partial charge in [-0.05, 0) is 43.3 Å². The summed E-state index contributed by atoms with van der Waals surface area (Å²) in [5.74, 6) is -0.683. The number of fused-ring (bicyclic) bond motifs is 3. The lowest BCUT2D eigenvalue weighted by Crippen LogP contribution is -2.11. The molecule has 0 saturated heterocycles. The molecule has 0 aliphatic heterocycles. The third kappa shape index (κ3) is 2.58. The zero-order chi connectivity index (χ0) is 16.0. The number of carbonyl (C=O) groups excluding carboxylic acids is 1. The van der Waals surface area contributed by atoms with E-state index in [-0.39, 0.29) is 11.7 Å². The average molecular weight is 343 g/mol. The van der Waals surface area contributed by atoms with Crippen LogP contribution in [0.4, 0.5) is 9.52 Å². The van der Waals surface area contributed by atoms with Gasteiger partial charge in [0.1, 0.15) is 11.3 Å². The lowest BCUT2D eigenvalue weighted by atomic mass is 10.2. The maximum atomic E-state index is 12.9. The van der Waals surface area contributed by atoms with Crippen LogP contribution in [0.5, 0.6) is 0 Å². The topological polar surface area (TPSA) is 54.9 Å². The van der Waals surface area contributed by atoms with Crippen LogP contribution in [0.15, 0.2) is 36.4 Å². The number of nitrogens with one attached hydrogen (secondary N) is 1. The molecule has 114 valence electrons. The quantitative estimate of drug-likeness (QED) is 0.578. The standard InChI is InChI=1S/C16H10FN3OS2/c1-8-18-13-12(22-8)7-6-11-14(13)23-16(19-11)20-15(21)9-2-4-10(17)5-3-9/h2-7H,1H3,(H,19,20,21). The van der Waals surface area contributed by atoms with Gasteiger partial charge in [-0.3, -0.25) is 10.1 Å². The molecule has 2 heterocycles. The molecule has 2 aromatic carbocycles. The van der Waals surface area contributed by atoms with Gasteiger partial charge in [0.05, 0.1) is 19.9 Å². The van der Waals surface area contributed by atoms with E-state index in [1.807, 2.05) is 19.1 Å². The molecule has 1 amide bonds. The summed E-state index contributed by atoms with van der Waals surface area (Å²) in [6, 6.07) is 9.33. The van der Waals surface area contributed by atoms with Gasteiger partial charge in [0.15, 0.2) is 5.13 Å². The largest absolute Gasteiger partial charge is 0.298 e. The van der Waals surface area contributed by atoms with Crippen molar-refractivity contribution in [3.05, 3.63) is 52.8 Å². The SMILES string of the molecule is Cc1nc2c(ccc3nc(NC(=O)c4ccc(F)cc4)sc32)s1. The summed E-state index contributed by atoms with van der Waals surface area (Å²) in [6.45, 7) is 1.97. The number of nitrogens with zero attached hydrogens (tertiary/aromatic N) is 2. The Labute approximate surface area is 138 Å². The highest BCUT2D eigenvalue weighted by Crippen LogP contribution is 2.34. The first-order valence-corrected chi connectivity index (χ1v) is 8.47. The predicted molar refractivity (Wildman–Crippen MR) is 91.9 cm³/mol. The molecular formula is C16H10FN3OS2. The van der Waals surface area contributed by atoms with E-state index in [1.165, 1.54) is 35.6 Å². The Hall–Kier alpha value is -2.38. The van der Waals surface area contributed by atoms with E-state index < -0.39 is 0 Å². The van der Waals surface area contributed by atoms with Gasteiger partial charge in [0.25, 0.3) is 5.91 Å². The van der Waals surface area contributed by atoms with Crippen LogP contribution in [0.25, 0.3) is 20.4 Å². The number of anilines is 1. The second-order valence-electron chi connectivity index (χ2n) is 4.97. The summed E-state index contributed by atoms with van der Waals surface area (Å²) < 4.78 is 15.0. The zero-order valence-corrected chi connectivity index (χ0v) is 13.6. The molecule has 0 bridgehead atoms. The molecule has 7 heteroatoms. The van der Waals surface area contributed by atoms with Crippen LogP contribution in [-0.4, -0.2) is 15.9 Å². The lowest BCUT2D eigenvalue weighted by Gasteiger charge is -2.00. The number of rotatable bonds is 2. The maximum absolute atomic E-state index is 12.9. The number of aromatic nitrogens is 2. The van der Waals surface area contributed by atoms with E-state index in [1.54, 1.807) is 11.3 Å². The normalized spacial score (nSPS) is 11.2. The molecule has 4 nitrogen and oxygen atoms in total. The number of aryl methyl sites for hydroxylation is 1. The van der Waals surface area contributed by atoms with Crippen LogP contribution in [0.3, 0.4) is 0 Å². The van der Waals surface area contributed by atoms with Crippen molar-refractivity contribution in [2.24, 2.45) is 0 Å². The summed E-state index contributed by atoms with van der Waals surface area (Å²) in [7, 11) is 0. The first kappa shape index (κ1) is 14.2. The zero-order valence-electron chi connectivity index (χ0n) is 12.0. The summed E-state index contributed by atoms with van der Waals surface area (Å²) in [4.78, 5) is 21.2. The van der Waals surface area contributed by atoms with Crippen LogP contribution in [0.1, 0.15) is 15.4 Å². The summed E-state index contributed by atoms with van der Waals surface area (Å²) >= 11 is 3.03. The molecule has 4 aromatic rings. The van der Waals surface area contributed by atoms with Gasteiger partial charge in [0, 0.05) is 5.56 Å². The van der Waals surface area contributed by atoms with Crippen molar-refractivity contribution in [3.63, 3.8) is 0 Å². The molecule has 0 spiro atoms. The fourth-order valence-corrected chi connectivity index (χ4v) is 4.16. The highest BCUT2D eigenvalue weighted by Gasteiger charge is 2.13. The minimum absolute atomic E-state index is 0.310. The van der Waals surface area contributed by atoms with Gasteiger partial charge < -0.3 is 0 Å². The van der Waals surface area contributed by atoms with Gasteiger partial charge in [-0.2, -0.15) is 0 Å². The predicted octanol–water partition coefficient (Wildman–Crippen LogP) is 4.61. The van der Waals surface area contributed by atoms with Crippen molar-refractivity contribution in [1.82, 2.24) is 9.97 Å². The highest BCUT2D eigenvalue weighted by atomic mass is 32.1. The van der Waals surface area contributed by atoms with E-state index in [0.29, 0.717) is 10.7 Å². The number of hydrogen-bond donors (Lipinski definition) is 1. The maximum Gasteiger partial charge on any atom is 0.257 e. The van der Waals surface area contributed by atoms with Crippen molar-refractivity contribution in [3.8, 4) is 0 Å². The van der Waals surface area contributed by atoms with Gasteiger partial charge >= 0.3 is 0 Å². The summed E-state index contributed by atoms with van der Waals surface area (Å²) in [5, 5.41) is 4.27. The third-order valence-corrected chi connectivity index (χ3v) is 5.28. The fraction of sp³-hybridized carbons (Fsp3) is 0.0625. The molecule has 0 radical (unpaired) electrons. The Morgan fingerprint density at radius 1 is 1.09 bits per heavy atom. The highest BCUT2D eigenvalue weighted by molar-refractivity contribution is 7.24. The second-order valence-corrected chi connectivity index (χ2v) is 7.21. The van der Waals surface area contributed by atoms with Crippen LogP contribution in [0.2, 0.25) is 0 Å². The molecule has 4 rings (SSSR count). The minimum Gasteiger partial charge on any atom is -0.298 e. The average Bonchev–Trinajstić information content (AvgIpc) is 3.09. The number of hydrogen-bond acceptors (Lipinski definition) is 5. The molecule has 0 atom stereocenters. The Morgan fingerprint density at radius 3 is 2.65 bits per heavy atom. The first-order chi connectivity index (χ1) is 11.1. The lowest BCUT2D eigenvalue weighted by molar-refractivity contribution is 0.102. The molecular weight excluding hydrogens is 333 g/mol. The van der Waals surface area contributed by atoms with Crippen molar-refractivity contribution in [2.75, 3.05) is 5.32 Å². The van der Waals surface area contributed by atoms with Crippen molar-refractivity contribution in [1.29, 1.82) is 0 Å².